The number of carbonyl (C=O) groups is 1. The molecule has 1 N–H and O–H groups in total. The van der Waals surface area contributed by atoms with E-state index in [2.05, 4.69) is 41.3 Å². The average molecular weight is 362 g/mol. The smallest absolute Gasteiger partial charge is 0.251 e. The lowest BCUT2D eigenvalue weighted by Crippen LogP contribution is -2.35. The van der Waals surface area contributed by atoms with E-state index in [0.717, 1.165) is 24.5 Å². The number of nitrogens with zero attached hydrogens (tertiary/aromatic N) is 3. The Morgan fingerprint density at radius 1 is 1.07 bits per heavy atom. The van der Waals surface area contributed by atoms with Crippen LogP contribution in [0, 0.1) is 13.8 Å². The number of nitrogens with one attached hydrogen (secondary N) is 1. The molecule has 0 aliphatic rings. The van der Waals surface area contributed by atoms with Crippen molar-refractivity contribution < 1.29 is 4.79 Å². The standard InChI is InChI=1S/C22H26N4O/c1-4-25(21-8-6-5-7-17(21)2)16-15-23-22(27)19-9-11-20(12-10-19)26-18(3)13-14-24-26/h5-14H,4,15-16H2,1-3H3,(H,23,27). The second-order valence-electron chi connectivity index (χ2n) is 6.55. The van der Waals surface area contributed by atoms with Gasteiger partial charge in [-0.1, -0.05) is 18.2 Å². The lowest BCUT2D eigenvalue weighted by molar-refractivity contribution is 0.0954. The van der Waals surface area contributed by atoms with E-state index in [4.69, 9.17) is 0 Å². The van der Waals surface area contributed by atoms with Crippen molar-refractivity contribution in [2.24, 2.45) is 0 Å². The molecule has 1 aromatic heterocycles. The Hall–Kier alpha value is -3.08. The van der Waals surface area contributed by atoms with Gasteiger partial charge in [0.05, 0.1) is 5.69 Å². The van der Waals surface area contributed by atoms with Crippen LogP contribution in [0.4, 0.5) is 5.69 Å². The Balaban J connectivity index is 1.57. The van der Waals surface area contributed by atoms with Crippen molar-refractivity contribution in [1.29, 1.82) is 0 Å². The highest BCUT2D eigenvalue weighted by Crippen LogP contribution is 2.18. The molecule has 0 aliphatic heterocycles. The van der Waals surface area contributed by atoms with Crippen molar-refractivity contribution >= 4 is 11.6 Å². The lowest BCUT2D eigenvalue weighted by atomic mass is 10.1. The molecule has 0 fully saturated rings. The molecule has 27 heavy (non-hydrogen) atoms. The largest absolute Gasteiger partial charge is 0.370 e. The molecule has 0 atom stereocenters. The Morgan fingerprint density at radius 2 is 1.81 bits per heavy atom. The lowest BCUT2D eigenvalue weighted by Gasteiger charge is -2.25. The van der Waals surface area contributed by atoms with Gasteiger partial charge in [0.15, 0.2) is 0 Å². The summed E-state index contributed by atoms with van der Waals surface area (Å²) in [5.41, 5.74) is 5.12. The van der Waals surface area contributed by atoms with Gasteiger partial charge < -0.3 is 10.2 Å². The summed E-state index contributed by atoms with van der Waals surface area (Å²) in [6, 6.07) is 17.8. The highest BCUT2D eigenvalue weighted by Gasteiger charge is 2.09. The van der Waals surface area contributed by atoms with Crippen LogP contribution >= 0.6 is 0 Å². The molecule has 5 nitrogen and oxygen atoms in total. The van der Waals surface area contributed by atoms with Crippen molar-refractivity contribution in [2.45, 2.75) is 20.8 Å². The van der Waals surface area contributed by atoms with Crippen LogP contribution < -0.4 is 10.2 Å². The molecule has 3 aromatic rings. The molecule has 140 valence electrons. The quantitative estimate of drug-likeness (QED) is 0.696. The van der Waals surface area contributed by atoms with Gasteiger partial charge in [-0.15, -0.1) is 0 Å². The Bertz CT molecular complexity index is 899. The van der Waals surface area contributed by atoms with Crippen molar-refractivity contribution in [3.8, 4) is 5.69 Å². The number of amides is 1. The maximum Gasteiger partial charge on any atom is 0.251 e. The molecule has 0 saturated heterocycles. The first-order valence-corrected chi connectivity index (χ1v) is 9.30. The number of aryl methyl sites for hydroxylation is 2. The van der Waals surface area contributed by atoms with Crippen LogP contribution in [0.1, 0.15) is 28.5 Å². The van der Waals surface area contributed by atoms with E-state index in [1.54, 1.807) is 6.20 Å². The summed E-state index contributed by atoms with van der Waals surface area (Å²) in [7, 11) is 0. The minimum Gasteiger partial charge on any atom is -0.370 e. The topological polar surface area (TPSA) is 50.2 Å². The Kier molecular flexibility index (Phi) is 5.91. The van der Waals surface area contributed by atoms with Gasteiger partial charge in [-0.25, -0.2) is 4.68 Å². The predicted molar refractivity (Wildman–Crippen MR) is 110 cm³/mol. The fourth-order valence-electron chi connectivity index (χ4n) is 3.17. The summed E-state index contributed by atoms with van der Waals surface area (Å²) in [6.07, 6.45) is 1.77. The zero-order valence-electron chi connectivity index (χ0n) is 16.1. The first-order valence-electron chi connectivity index (χ1n) is 9.30. The predicted octanol–water partition coefficient (Wildman–Crippen LogP) is 3.75. The second kappa shape index (κ2) is 8.54. The number of benzene rings is 2. The van der Waals surface area contributed by atoms with Crippen molar-refractivity contribution in [3.05, 3.63) is 77.6 Å². The fraction of sp³-hybridized carbons (Fsp3) is 0.273. The van der Waals surface area contributed by atoms with Gasteiger partial charge >= 0.3 is 0 Å². The SMILES string of the molecule is CCN(CCNC(=O)c1ccc(-n2nccc2C)cc1)c1ccccc1C. The maximum absolute atomic E-state index is 12.4. The van der Waals surface area contributed by atoms with Crippen LogP contribution in [0.5, 0.6) is 0 Å². The highest BCUT2D eigenvalue weighted by molar-refractivity contribution is 5.94. The van der Waals surface area contributed by atoms with Crippen LogP contribution in [0.3, 0.4) is 0 Å². The third-order valence-corrected chi connectivity index (χ3v) is 4.71. The summed E-state index contributed by atoms with van der Waals surface area (Å²) >= 11 is 0. The molecule has 1 heterocycles. The van der Waals surface area contributed by atoms with Crippen LogP contribution in [-0.2, 0) is 0 Å². The normalized spacial score (nSPS) is 10.6. The molecule has 0 spiro atoms. The van der Waals surface area contributed by atoms with Gasteiger partial charge in [0.1, 0.15) is 0 Å². The molecular formula is C22H26N4O. The highest BCUT2D eigenvalue weighted by atomic mass is 16.1. The fourth-order valence-corrected chi connectivity index (χ4v) is 3.17. The number of anilines is 1. The van der Waals surface area contributed by atoms with Crippen molar-refractivity contribution in [3.63, 3.8) is 0 Å². The van der Waals surface area contributed by atoms with E-state index in [1.807, 2.05) is 54.1 Å². The van der Waals surface area contributed by atoms with Crippen LogP contribution in [-0.4, -0.2) is 35.3 Å². The minimum atomic E-state index is -0.0560. The molecule has 5 heteroatoms. The van der Waals surface area contributed by atoms with Gasteiger partial charge in [0.2, 0.25) is 0 Å². The van der Waals surface area contributed by atoms with Crippen LogP contribution in [0.25, 0.3) is 5.69 Å². The Labute approximate surface area is 160 Å². The first-order chi connectivity index (χ1) is 13.1. The van der Waals surface area contributed by atoms with Crippen LogP contribution in [0.2, 0.25) is 0 Å². The van der Waals surface area contributed by atoms with E-state index >= 15 is 0 Å². The van der Waals surface area contributed by atoms with Crippen molar-refractivity contribution in [2.75, 3.05) is 24.5 Å². The van der Waals surface area contributed by atoms with E-state index in [1.165, 1.54) is 11.3 Å². The number of likely N-dealkylation sites (N-methyl/N-ethyl adjacent to an activating group) is 1. The minimum absolute atomic E-state index is 0.0560. The average Bonchev–Trinajstić information content (AvgIpc) is 3.12. The van der Waals surface area contributed by atoms with Gasteiger partial charge in [-0.3, -0.25) is 4.79 Å². The zero-order chi connectivity index (χ0) is 19.2. The Morgan fingerprint density at radius 3 is 2.44 bits per heavy atom. The summed E-state index contributed by atoms with van der Waals surface area (Å²) in [5, 5.41) is 7.30. The molecule has 0 saturated carbocycles. The molecule has 1 amide bonds. The number of hydrogen-bond acceptors (Lipinski definition) is 3. The van der Waals surface area contributed by atoms with Gasteiger partial charge in [-0.2, -0.15) is 5.10 Å². The van der Waals surface area contributed by atoms with E-state index in [9.17, 15) is 4.79 Å². The molecule has 0 aliphatic carbocycles. The third-order valence-electron chi connectivity index (χ3n) is 4.71. The number of rotatable bonds is 7. The van der Waals surface area contributed by atoms with E-state index in [0.29, 0.717) is 12.1 Å². The number of hydrogen-bond donors (Lipinski definition) is 1. The summed E-state index contributed by atoms with van der Waals surface area (Å²) in [5.74, 6) is -0.0560. The summed E-state index contributed by atoms with van der Waals surface area (Å²) < 4.78 is 1.85. The molecular weight excluding hydrogens is 336 g/mol. The van der Waals surface area contributed by atoms with E-state index in [-0.39, 0.29) is 5.91 Å². The summed E-state index contributed by atoms with van der Waals surface area (Å²) in [4.78, 5) is 14.7. The number of para-hydroxylation sites is 1. The molecule has 2 aromatic carbocycles. The maximum atomic E-state index is 12.4. The van der Waals surface area contributed by atoms with Gasteiger partial charge in [0, 0.05) is 42.8 Å². The van der Waals surface area contributed by atoms with Crippen molar-refractivity contribution in [1.82, 2.24) is 15.1 Å². The number of aromatic nitrogens is 2. The number of carbonyl (C=O) groups excluding carboxylic acids is 1. The van der Waals surface area contributed by atoms with Gasteiger partial charge in [-0.05, 0) is 62.7 Å². The van der Waals surface area contributed by atoms with Gasteiger partial charge in [0.25, 0.3) is 5.91 Å². The molecule has 3 rings (SSSR count). The molecule has 0 radical (unpaired) electrons. The monoisotopic (exact) mass is 362 g/mol. The molecule has 0 bridgehead atoms. The first kappa shape index (κ1) is 18.7. The zero-order valence-corrected chi connectivity index (χ0v) is 16.1. The van der Waals surface area contributed by atoms with E-state index < -0.39 is 0 Å². The molecule has 0 unspecified atom stereocenters. The summed E-state index contributed by atoms with van der Waals surface area (Å²) in [6.45, 7) is 8.52. The second-order valence-corrected chi connectivity index (χ2v) is 6.55. The third kappa shape index (κ3) is 4.37. The van der Waals surface area contributed by atoms with Crippen LogP contribution in [0.15, 0.2) is 60.8 Å².